The van der Waals surface area contributed by atoms with E-state index in [1.807, 2.05) is 50.5 Å². The van der Waals surface area contributed by atoms with Crippen LogP contribution >= 0.6 is 0 Å². The predicted molar refractivity (Wildman–Crippen MR) is 96.0 cm³/mol. The van der Waals surface area contributed by atoms with Gasteiger partial charge in [0.1, 0.15) is 12.4 Å². The molecule has 2 aromatic rings. The number of nitrogens with one attached hydrogen (secondary N) is 1. The molecule has 0 radical (unpaired) electrons. The molecular formula is C19H25N3O2. The molecule has 2 rings (SSSR count). The minimum Gasteiger partial charge on any atom is -0.492 e. The van der Waals surface area contributed by atoms with E-state index in [0.717, 1.165) is 23.4 Å². The zero-order valence-corrected chi connectivity index (χ0v) is 14.3. The fraction of sp³-hybridized carbons (Fsp3) is 0.316. The van der Waals surface area contributed by atoms with Gasteiger partial charge in [0.15, 0.2) is 0 Å². The Morgan fingerprint density at radius 1 is 1.12 bits per heavy atom. The van der Waals surface area contributed by atoms with Crippen molar-refractivity contribution < 1.29 is 9.53 Å². The van der Waals surface area contributed by atoms with Crippen LogP contribution in [-0.2, 0) is 13.1 Å². The molecule has 0 unspecified atom stereocenters. The third-order valence-electron chi connectivity index (χ3n) is 3.61. The van der Waals surface area contributed by atoms with E-state index in [4.69, 9.17) is 10.5 Å². The zero-order chi connectivity index (χ0) is 17.4. The third kappa shape index (κ3) is 5.68. The summed E-state index contributed by atoms with van der Waals surface area (Å²) in [6, 6.07) is 15.1. The number of likely N-dealkylation sites (N-methyl/N-ethyl adjacent to an activating group) is 1. The second-order valence-electron chi connectivity index (χ2n) is 5.88. The van der Waals surface area contributed by atoms with Crippen molar-refractivity contribution in [3.63, 3.8) is 0 Å². The molecule has 128 valence electrons. The van der Waals surface area contributed by atoms with Gasteiger partial charge in [0.05, 0.1) is 0 Å². The maximum Gasteiger partial charge on any atom is 0.251 e. The second kappa shape index (κ2) is 9.05. The van der Waals surface area contributed by atoms with Crippen molar-refractivity contribution in [2.24, 2.45) is 5.73 Å². The number of amides is 1. The van der Waals surface area contributed by atoms with Crippen LogP contribution in [0.5, 0.6) is 5.75 Å². The van der Waals surface area contributed by atoms with Crippen molar-refractivity contribution in [1.29, 1.82) is 0 Å². The van der Waals surface area contributed by atoms with Gasteiger partial charge in [-0.15, -0.1) is 0 Å². The Labute approximate surface area is 143 Å². The van der Waals surface area contributed by atoms with Crippen LogP contribution in [0.1, 0.15) is 21.5 Å². The van der Waals surface area contributed by atoms with Gasteiger partial charge in [-0.25, -0.2) is 0 Å². The quantitative estimate of drug-likeness (QED) is 0.778. The first kappa shape index (κ1) is 18.0. The topological polar surface area (TPSA) is 67.6 Å². The Bertz CT molecular complexity index is 654. The summed E-state index contributed by atoms with van der Waals surface area (Å²) >= 11 is 0. The molecule has 0 saturated carbocycles. The van der Waals surface area contributed by atoms with Crippen LogP contribution < -0.4 is 15.8 Å². The highest BCUT2D eigenvalue weighted by Crippen LogP contribution is 2.13. The fourth-order valence-electron chi connectivity index (χ4n) is 2.17. The molecule has 0 aliphatic heterocycles. The van der Waals surface area contributed by atoms with E-state index in [2.05, 4.69) is 10.2 Å². The number of ether oxygens (including phenoxy) is 1. The molecule has 3 N–H and O–H groups in total. The zero-order valence-electron chi connectivity index (χ0n) is 14.3. The van der Waals surface area contributed by atoms with Crippen molar-refractivity contribution >= 4 is 5.91 Å². The van der Waals surface area contributed by atoms with Gasteiger partial charge in [-0.2, -0.15) is 0 Å². The number of carbonyl (C=O) groups is 1. The first-order chi connectivity index (χ1) is 11.6. The number of benzene rings is 2. The highest BCUT2D eigenvalue weighted by Gasteiger charge is 2.05. The van der Waals surface area contributed by atoms with Gasteiger partial charge < -0.3 is 20.7 Å². The summed E-state index contributed by atoms with van der Waals surface area (Å²) in [7, 11) is 4.02. The molecule has 5 heteroatoms. The Balaban J connectivity index is 1.87. The summed E-state index contributed by atoms with van der Waals surface area (Å²) in [5.41, 5.74) is 8.20. The van der Waals surface area contributed by atoms with Gasteiger partial charge in [0.25, 0.3) is 5.91 Å². The molecule has 0 spiro atoms. The minimum atomic E-state index is -0.0995. The average molecular weight is 327 g/mol. The standard InChI is InChI=1S/C19H25N3O2/c1-22(2)10-11-24-18-5-3-4-16(12-18)14-21-19(23)17-8-6-15(13-20)7-9-17/h3-9,12H,10-11,13-14,20H2,1-2H3,(H,21,23). The van der Waals surface area contributed by atoms with Crippen molar-refractivity contribution in [3.8, 4) is 5.75 Å². The Morgan fingerprint density at radius 2 is 1.88 bits per heavy atom. The summed E-state index contributed by atoms with van der Waals surface area (Å²) < 4.78 is 5.71. The van der Waals surface area contributed by atoms with Crippen LogP contribution in [0.4, 0.5) is 0 Å². The minimum absolute atomic E-state index is 0.0995. The van der Waals surface area contributed by atoms with Crippen LogP contribution in [0.3, 0.4) is 0 Å². The first-order valence-corrected chi connectivity index (χ1v) is 8.02. The fourth-order valence-corrected chi connectivity index (χ4v) is 2.17. The van der Waals surface area contributed by atoms with E-state index in [0.29, 0.717) is 25.3 Å². The van der Waals surface area contributed by atoms with E-state index in [1.54, 1.807) is 12.1 Å². The summed E-state index contributed by atoms with van der Waals surface area (Å²) in [6.07, 6.45) is 0. The number of rotatable bonds is 8. The predicted octanol–water partition coefficient (Wildman–Crippen LogP) is 2.02. The highest BCUT2D eigenvalue weighted by molar-refractivity contribution is 5.94. The van der Waals surface area contributed by atoms with Crippen LogP contribution in [0.2, 0.25) is 0 Å². The molecule has 0 aliphatic rings. The number of hydrogen-bond donors (Lipinski definition) is 2. The summed E-state index contributed by atoms with van der Waals surface area (Å²) in [6.45, 7) is 2.43. The summed E-state index contributed by atoms with van der Waals surface area (Å²) in [5, 5.41) is 2.92. The van der Waals surface area contributed by atoms with E-state index in [-0.39, 0.29) is 5.91 Å². The van der Waals surface area contributed by atoms with Crippen LogP contribution in [0.25, 0.3) is 0 Å². The lowest BCUT2D eigenvalue weighted by molar-refractivity contribution is 0.0951. The molecule has 0 bridgehead atoms. The Kier molecular flexibility index (Phi) is 6.78. The van der Waals surface area contributed by atoms with E-state index in [1.165, 1.54) is 0 Å². The summed E-state index contributed by atoms with van der Waals surface area (Å²) in [4.78, 5) is 14.2. The van der Waals surface area contributed by atoms with Crippen molar-refractivity contribution in [2.75, 3.05) is 27.2 Å². The maximum atomic E-state index is 12.2. The third-order valence-corrected chi connectivity index (χ3v) is 3.61. The lowest BCUT2D eigenvalue weighted by Crippen LogP contribution is -2.23. The van der Waals surface area contributed by atoms with E-state index >= 15 is 0 Å². The smallest absolute Gasteiger partial charge is 0.251 e. The molecule has 2 aromatic carbocycles. The van der Waals surface area contributed by atoms with Crippen molar-refractivity contribution in [3.05, 3.63) is 65.2 Å². The van der Waals surface area contributed by atoms with Crippen LogP contribution in [0.15, 0.2) is 48.5 Å². The van der Waals surface area contributed by atoms with Gasteiger partial charge in [-0.1, -0.05) is 24.3 Å². The molecule has 0 fully saturated rings. The number of carbonyl (C=O) groups excluding carboxylic acids is 1. The number of nitrogens with zero attached hydrogens (tertiary/aromatic N) is 1. The number of hydrogen-bond acceptors (Lipinski definition) is 4. The molecule has 5 nitrogen and oxygen atoms in total. The molecule has 0 atom stereocenters. The summed E-state index contributed by atoms with van der Waals surface area (Å²) in [5.74, 6) is 0.716. The van der Waals surface area contributed by atoms with Gasteiger partial charge in [-0.05, 0) is 49.5 Å². The molecule has 0 aromatic heterocycles. The van der Waals surface area contributed by atoms with Gasteiger partial charge in [0, 0.05) is 25.2 Å². The maximum absolute atomic E-state index is 12.2. The average Bonchev–Trinajstić information content (AvgIpc) is 2.60. The first-order valence-electron chi connectivity index (χ1n) is 8.02. The van der Waals surface area contributed by atoms with Crippen molar-refractivity contribution in [2.45, 2.75) is 13.1 Å². The SMILES string of the molecule is CN(C)CCOc1cccc(CNC(=O)c2ccc(CN)cc2)c1. The Morgan fingerprint density at radius 3 is 2.54 bits per heavy atom. The second-order valence-corrected chi connectivity index (χ2v) is 5.88. The van der Waals surface area contributed by atoms with Crippen LogP contribution in [0, 0.1) is 0 Å². The largest absolute Gasteiger partial charge is 0.492 e. The molecule has 0 saturated heterocycles. The molecular weight excluding hydrogens is 302 g/mol. The molecule has 1 amide bonds. The molecule has 0 aliphatic carbocycles. The van der Waals surface area contributed by atoms with Gasteiger partial charge in [-0.3, -0.25) is 4.79 Å². The Hall–Kier alpha value is -2.37. The lowest BCUT2D eigenvalue weighted by atomic mass is 10.1. The van der Waals surface area contributed by atoms with Crippen molar-refractivity contribution in [1.82, 2.24) is 10.2 Å². The van der Waals surface area contributed by atoms with E-state index < -0.39 is 0 Å². The lowest BCUT2D eigenvalue weighted by Gasteiger charge is -2.12. The monoisotopic (exact) mass is 327 g/mol. The normalized spacial score (nSPS) is 10.7. The van der Waals surface area contributed by atoms with Crippen LogP contribution in [-0.4, -0.2) is 38.1 Å². The van der Waals surface area contributed by atoms with Gasteiger partial charge >= 0.3 is 0 Å². The highest BCUT2D eigenvalue weighted by atomic mass is 16.5. The molecule has 0 heterocycles. The van der Waals surface area contributed by atoms with E-state index in [9.17, 15) is 4.79 Å². The molecule has 24 heavy (non-hydrogen) atoms. The number of nitrogens with two attached hydrogens (primary N) is 1. The van der Waals surface area contributed by atoms with Gasteiger partial charge in [0.2, 0.25) is 0 Å².